The van der Waals surface area contributed by atoms with Crippen LogP contribution in [-0.2, 0) is 4.79 Å². The Morgan fingerprint density at radius 2 is 1.86 bits per heavy atom. The minimum atomic E-state index is 0.252. The summed E-state index contributed by atoms with van der Waals surface area (Å²) in [6.45, 7) is 2.20. The van der Waals surface area contributed by atoms with Crippen molar-refractivity contribution in [3.63, 3.8) is 0 Å². The molecule has 14 heavy (non-hydrogen) atoms. The molecule has 78 valence electrons. The van der Waals surface area contributed by atoms with E-state index in [1.165, 1.54) is 11.4 Å². The second-order valence-corrected chi connectivity index (χ2v) is 4.38. The minimum Gasteiger partial charge on any atom is -0.375 e. The summed E-state index contributed by atoms with van der Waals surface area (Å²) in [5.41, 5.74) is 2.85. The third kappa shape index (κ3) is 1.51. The van der Waals surface area contributed by atoms with E-state index in [1.54, 1.807) is 0 Å². The molecule has 1 heterocycles. The predicted octanol–water partition coefficient (Wildman–Crippen LogP) is 1.07. The quantitative estimate of drug-likeness (QED) is 0.583. The molecule has 0 aromatic carbocycles. The molecule has 3 heteroatoms. The van der Waals surface area contributed by atoms with Crippen molar-refractivity contribution in [3.8, 4) is 0 Å². The molecule has 1 aliphatic heterocycles. The highest BCUT2D eigenvalue weighted by Gasteiger charge is 2.27. The first kappa shape index (κ1) is 9.56. The van der Waals surface area contributed by atoms with E-state index in [9.17, 15) is 4.79 Å². The molecule has 0 N–H and O–H groups in total. The van der Waals surface area contributed by atoms with Crippen LogP contribution in [0.15, 0.2) is 11.4 Å². The van der Waals surface area contributed by atoms with Gasteiger partial charge in [-0.2, -0.15) is 0 Å². The van der Waals surface area contributed by atoms with Crippen LogP contribution in [0.3, 0.4) is 0 Å². The van der Waals surface area contributed by atoms with Crippen LogP contribution in [0, 0.1) is 5.92 Å². The van der Waals surface area contributed by atoms with E-state index in [2.05, 4.69) is 23.9 Å². The zero-order chi connectivity index (χ0) is 10.1. The first-order valence-electron chi connectivity index (χ1n) is 5.32. The lowest BCUT2D eigenvalue weighted by Gasteiger charge is -2.40. The van der Waals surface area contributed by atoms with Crippen LogP contribution in [-0.4, -0.2) is 43.3 Å². The summed E-state index contributed by atoms with van der Waals surface area (Å²) in [5.74, 6) is 0.252. The number of allylic oxidation sites excluding steroid dienone is 2. The Morgan fingerprint density at radius 1 is 1.21 bits per heavy atom. The van der Waals surface area contributed by atoms with Crippen LogP contribution < -0.4 is 0 Å². The van der Waals surface area contributed by atoms with Crippen LogP contribution in [0.1, 0.15) is 19.3 Å². The Balaban J connectivity index is 2.23. The molecule has 1 unspecified atom stereocenters. The summed E-state index contributed by atoms with van der Waals surface area (Å²) in [5, 5.41) is 0. The molecule has 0 aromatic heterocycles. The van der Waals surface area contributed by atoms with Crippen LogP contribution in [0.4, 0.5) is 0 Å². The fourth-order valence-electron chi connectivity index (χ4n) is 2.41. The largest absolute Gasteiger partial charge is 0.375 e. The molecule has 0 spiro atoms. The lowest BCUT2D eigenvalue weighted by Crippen LogP contribution is -2.40. The molecule has 2 aliphatic rings. The van der Waals surface area contributed by atoms with Crippen molar-refractivity contribution in [2.75, 3.05) is 27.2 Å². The standard InChI is InChI=1S/C11H18N2O/c1-12-5-6-13(2)11-7-9(8-14)3-4-10(11)12/h8-9H,3-7H2,1-2H3. The summed E-state index contributed by atoms with van der Waals surface area (Å²) < 4.78 is 0. The molecule has 0 fully saturated rings. The number of nitrogens with zero attached hydrogens (tertiary/aromatic N) is 2. The normalized spacial score (nSPS) is 27.7. The molecule has 2 rings (SSSR count). The second kappa shape index (κ2) is 3.64. The van der Waals surface area contributed by atoms with Gasteiger partial charge in [-0.1, -0.05) is 0 Å². The lowest BCUT2D eigenvalue weighted by molar-refractivity contribution is -0.111. The summed E-state index contributed by atoms with van der Waals surface area (Å²) in [4.78, 5) is 15.4. The van der Waals surface area contributed by atoms with E-state index in [-0.39, 0.29) is 5.92 Å². The fraction of sp³-hybridized carbons (Fsp3) is 0.727. The van der Waals surface area contributed by atoms with Crippen molar-refractivity contribution in [1.82, 2.24) is 9.80 Å². The van der Waals surface area contributed by atoms with Crippen LogP contribution >= 0.6 is 0 Å². The van der Waals surface area contributed by atoms with Gasteiger partial charge in [-0.15, -0.1) is 0 Å². The van der Waals surface area contributed by atoms with E-state index in [0.29, 0.717) is 0 Å². The van der Waals surface area contributed by atoms with Crippen LogP contribution in [0.25, 0.3) is 0 Å². The molecule has 0 radical (unpaired) electrons. The third-order valence-electron chi connectivity index (χ3n) is 3.43. The van der Waals surface area contributed by atoms with Gasteiger partial charge >= 0.3 is 0 Å². The van der Waals surface area contributed by atoms with Gasteiger partial charge in [-0.05, 0) is 19.3 Å². The fourth-order valence-corrected chi connectivity index (χ4v) is 2.41. The number of rotatable bonds is 1. The summed E-state index contributed by atoms with van der Waals surface area (Å²) in [6.07, 6.45) is 4.16. The number of carbonyl (C=O) groups excluding carboxylic acids is 1. The molecule has 0 saturated carbocycles. The van der Waals surface area contributed by atoms with Crippen LogP contribution in [0.2, 0.25) is 0 Å². The van der Waals surface area contributed by atoms with Gasteiger partial charge in [0.1, 0.15) is 6.29 Å². The molecule has 0 bridgehead atoms. The topological polar surface area (TPSA) is 23.6 Å². The monoisotopic (exact) mass is 194 g/mol. The second-order valence-electron chi connectivity index (χ2n) is 4.38. The van der Waals surface area contributed by atoms with Crippen molar-refractivity contribution in [1.29, 1.82) is 0 Å². The van der Waals surface area contributed by atoms with E-state index in [4.69, 9.17) is 0 Å². The zero-order valence-corrected chi connectivity index (χ0v) is 8.99. The van der Waals surface area contributed by atoms with E-state index in [1.807, 2.05) is 0 Å². The summed E-state index contributed by atoms with van der Waals surface area (Å²) >= 11 is 0. The first-order valence-corrected chi connectivity index (χ1v) is 5.32. The van der Waals surface area contributed by atoms with Crippen molar-refractivity contribution in [2.45, 2.75) is 19.3 Å². The van der Waals surface area contributed by atoms with Gasteiger partial charge in [0, 0.05) is 44.5 Å². The maximum atomic E-state index is 10.8. The van der Waals surface area contributed by atoms with Crippen molar-refractivity contribution in [2.24, 2.45) is 5.92 Å². The molecule has 1 aliphatic carbocycles. The van der Waals surface area contributed by atoms with Gasteiger partial charge in [0.05, 0.1) is 0 Å². The Bertz CT molecular complexity index is 272. The third-order valence-corrected chi connectivity index (χ3v) is 3.43. The number of likely N-dealkylation sites (N-methyl/N-ethyl adjacent to an activating group) is 2. The number of carbonyl (C=O) groups is 1. The molecule has 0 saturated heterocycles. The van der Waals surface area contributed by atoms with Crippen molar-refractivity contribution < 1.29 is 4.79 Å². The predicted molar refractivity (Wildman–Crippen MR) is 55.7 cm³/mol. The number of hydrogen-bond acceptors (Lipinski definition) is 3. The van der Waals surface area contributed by atoms with Gasteiger partial charge in [0.2, 0.25) is 0 Å². The molecule has 0 aromatic rings. The highest BCUT2D eigenvalue weighted by Crippen LogP contribution is 2.33. The SMILES string of the molecule is CN1CCN(C)C2=C1CCC(C=O)C2. The molecular formula is C11H18N2O. The number of hydrogen-bond donors (Lipinski definition) is 0. The minimum absolute atomic E-state index is 0.252. The molecule has 1 atom stereocenters. The molecule has 0 amide bonds. The number of aldehydes is 1. The van der Waals surface area contributed by atoms with E-state index >= 15 is 0 Å². The van der Waals surface area contributed by atoms with Gasteiger partial charge in [0.25, 0.3) is 0 Å². The molecular weight excluding hydrogens is 176 g/mol. The average Bonchev–Trinajstić information content (AvgIpc) is 2.23. The highest BCUT2D eigenvalue weighted by atomic mass is 16.1. The Morgan fingerprint density at radius 3 is 2.50 bits per heavy atom. The van der Waals surface area contributed by atoms with Crippen molar-refractivity contribution >= 4 is 6.29 Å². The summed E-state index contributed by atoms with van der Waals surface area (Å²) in [7, 11) is 4.29. The average molecular weight is 194 g/mol. The maximum Gasteiger partial charge on any atom is 0.123 e. The molecule has 3 nitrogen and oxygen atoms in total. The highest BCUT2D eigenvalue weighted by molar-refractivity contribution is 5.55. The van der Waals surface area contributed by atoms with E-state index in [0.717, 1.165) is 38.6 Å². The van der Waals surface area contributed by atoms with Gasteiger partial charge in [0.15, 0.2) is 0 Å². The first-order chi connectivity index (χ1) is 6.72. The lowest BCUT2D eigenvalue weighted by atomic mass is 9.89. The smallest absolute Gasteiger partial charge is 0.123 e. The van der Waals surface area contributed by atoms with Crippen molar-refractivity contribution in [3.05, 3.63) is 11.4 Å². The van der Waals surface area contributed by atoms with Gasteiger partial charge < -0.3 is 14.6 Å². The summed E-state index contributed by atoms with van der Waals surface area (Å²) in [6, 6.07) is 0. The van der Waals surface area contributed by atoms with Gasteiger partial charge in [-0.25, -0.2) is 0 Å². The Kier molecular flexibility index (Phi) is 2.48. The van der Waals surface area contributed by atoms with Gasteiger partial charge in [-0.3, -0.25) is 0 Å². The Labute approximate surface area is 85.4 Å². The van der Waals surface area contributed by atoms with E-state index < -0.39 is 0 Å². The zero-order valence-electron chi connectivity index (χ0n) is 8.99. The Hall–Kier alpha value is -0.990. The maximum absolute atomic E-state index is 10.8. The van der Waals surface area contributed by atoms with Crippen LogP contribution in [0.5, 0.6) is 0 Å².